The number of pyridine rings is 1. The summed E-state index contributed by atoms with van der Waals surface area (Å²) in [6.07, 6.45) is 3.83. The van der Waals surface area contributed by atoms with Gasteiger partial charge in [-0.2, -0.15) is 4.57 Å². The predicted molar refractivity (Wildman–Crippen MR) is 102 cm³/mol. The lowest BCUT2D eigenvalue weighted by atomic mass is 10.2. The van der Waals surface area contributed by atoms with Gasteiger partial charge in [-0.3, -0.25) is 4.79 Å². The molecule has 0 unspecified atom stereocenters. The average molecular weight is 347 g/mol. The third-order valence-electron chi connectivity index (χ3n) is 4.22. The standard InChI is InChI=1S/C22H22N2O2/c1-17-12-14-24(15-13-17)18(2)22(25)23-20-8-10-21(11-9-20)26-16-19-6-4-3-5-7-19/h3-15,18H,16H2,1-2H3/p+1/t18-/m1/s1. The second kappa shape index (κ2) is 8.30. The molecular formula is C22H23N2O2+. The summed E-state index contributed by atoms with van der Waals surface area (Å²) >= 11 is 0. The number of nitrogens with one attached hydrogen (secondary N) is 1. The lowest BCUT2D eigenvalue weighted by Gasteiger charge is -2.10. The first kappa shape index (κ1) is 17.7. The van der Waals surface area contributed by atoms with Crippen molar-refractivity contribution in [2.24, 2.45) is 0 Å². The molecule has 3 rings (SSSR count). The number of aryl methyl sites for hydroxylation is 1. The fraction of sp³-hybridized carbons (Fsp3) is 0.182. The molecule has 1 atom stereocenters. The smallest absolute Gasteiger partial charge is 0.293 e. The summed E-state index contributed by atoms with van der Waals surface area (Å²) < 4.78 is 7.65. The van der Waals surface area contributed by atoms with Crippen LogP contribution in [0.1, 0.15) is 24.1 Å². The Morgan fingerprint density at radius 2 is 1.65 bits per heavy atom. The molecule has 3 aromatic rings. The van der Waals surface area contributed by atoms with Crippen molar-refractivity contribution in [3.63, 3.8) is 0 Å². The highest BCUT2D eigenvalue weighted by Gasteiger charge is 2.21. The number of rotatable bonds is 6. The van der Waals surface area contributed by atoms with Gasteiger partial charge in [0.15, 0.2) is 12.4 Å². The van der Waals surface area contributed by atoms with Crippen LogP contribution in [0.5, 0.6) is 5.75 Å². The number of ether oxygens (including phenoxy) is 1. The lowest BCUT2D eigenvalue weighted by molar-refractivity contribution is -0.705. The maximum absolute atomic E-state index is 12.4. The summed E-state index contributed by atoms with van der Waals surface area (Å²) in [5, 5.41) is 2.94. The summed E-state index contributed by atoms with van der Waals surface area (Å²) in [6, 6.07) is 21.1. The Morgan fingerprint density at radius 1 is 1.00 bits per heavy atom. The highest BCUT2D eigenvalue weighted by atomic mass is 16.5. The summed E-state index contributed by atoms with van der Waals surface area (Å²) in [4.78, 5) is 12.4. The molecule has 2 aromatic carbocycles. The lowest BCUT2D eigenvalue weighted by Crippen LogP contribution is -2.43. The summed E-state index contributed by atoms with van der Waals surface area (Å²) in [5.74, 6) is 0.713. The summed E-state index contributed by atoms with van der Waals surface area (Å²) in [7, 11) is 0. The zero-order valence-corrected chi connectivity index (χ0v) is 15.1. The first-order valence-corrected chi connectivity index (χ1v) is 8.67. The molecular weight excluding hydrogens is 324 g/mol. The van der Waals surface area contributed by atoms with E-state index in [4.69, 9.17) is 4.74 Å². The van der Waals surface area contributed by atoms with Gasteiger partial charge in [0, 0.05) is 24.7 Å². The van der Waals surface area contributed by atoms with Crippen molar-refractivity contribution in [1.29, 1.82) is 0 Å². The fourth-order valence-electron chi connectivity index (χ4n) is 2.53. The van der Waals surface area contributed by atoms with Gasteiger partial charge in [0.05, 0.1) is 0 Å². The van der Waals surface area contributed by atoms with Crippen LogP contribution in [0.15, 0.2) is 79.1 Å². The molecule has 132 valence electrons. The minimum Gasteiger partial charge on any atom is -0.489 e. The van der Waals surface area contributed by atoms with Crippen molar-refractivity contribution in [3.8, 4) is 5.75 Å². The van der Waals surface area contributed by atoms with Crippen LogP contribution in [0, 0.1) is 6.92 Å². The van der Waals surface area contributed by atoms with Crippen LogP contribution in [0.2, 0.25) is 0 Å². The molecule has 0 spiro atoms. The molecule has 4 nitrogen and oxygen atoms in total. The minimum atomic E-state index is -0.287. The molecule has 1 amide bonds. The number of aromatic nitrogens is 1. The average Bonchev–Trinajstić information content (AvgIpc) is 2.68. The van der Waals surface area contributed by atoms with Crippen LogP contribution >= 0.6 is 0 Å². The number of carbonyl (C=O) groups is 1. The van der Waals surface area contributed by atoms with Crippen LogP contribution in [0.4, 0.5) is 5.69 Å². The fourth-order valence-corrected chi connectivity index (χ4v) is 2.53. The van der Waals surface area contributed by atoms with Crippen molar-refractivity contribution < 1.29 is 14.1 Å². The largest absolute Gasteiger partial charge is 0.489 e. The van der Waals surface area contributed by atoms with Gasteiger partial charge in [0.25, 0.3) is 5.91 Å². The topological polar surface area (TPSA) is 42.2 Å². The van der Waals surface area contributed by atoms with E-state index in [1.807, 2.05) is 97.5 Å². The van der Waals surface area contributed by atoms with Crippen LogP contribution in [-0.2, 0) is 11.4 Å². The summed E-state index contributed by atoms with van der Waals surface area (Å²) in [5.41, 5.74) is 3.04. The van der Waals surface area contributed by atoms with Gasteiger partial charge in [-0.1, -0.05) is 30.3 Å². The quantitative estimate of drug-likeness (QED) is 0.683. The van der Waals surface area contributed by atoms with Crippen LogP contribution in [-0.4, -0.2) is 5.91 Å². The van der Waals surface area contributed by atoms with Crippen molar-refractivity contribution in [2.75, 3.05) is 5.32 Å². The highest BCUT2D eigenvalue weighted by molar-refractivity contribution is 5.92. The number of hydrogen-bond acceptors (Lipinski definition) is 2. The van der Waals surface area contributed by atoms with Gasteiger partial charge in [-0.25, -0.2) is 0 Å². The molecule has 0 fully saturated rings. The molecule has 26 heavy (non-hydrogen) atoms. The molecule has 0 aliphatic carbocycles. The van der Waals surface area contributed by atoms with Crippen molar-refractivity contribution in [1.82, 2.24) is 0 Å². The van der Waals surface area contributed by atoms with E-state index in [0.29, 0.717) is 6.61 Å². The van der Waals surface area contributed by atoms with Crippen molar-refractivity contribution >= 4 is 11.6 Å². The van der Waals surface area contributed by atoms with Crippen LogP contribution in [0.3, 0.4) is 0 Å². The van der Waals surface area contributed by atoms with Gasteiger partial charge in [-0.05, 0) is 42.3 Å². The Labute approximate surface area is 154 Å². The van der Waals surface area contributed by atoms with E-state index >= 15 is 0 Å². The normalized spacial score (nSPS) is 11.6. The number of carbonyl (C=O) groups excluding carboxylic acids is 1. The number of anilines is 1. The highest BCUT2D eigenvalue weighted by Crippen LogP contribution is 2.17. The monoisotopic (exact) mass is 347 g/mol. The molecule has 0 saturated carbocycles. The van der Waals surface area contributed by atoms with E-state index in [2.05, 4.69) is 5.32 Å². The molecule has 1 N–H and O–H groups in total. The van der Waals surface area contributed by atoms with Crippen molar-refractivity contribution in [2.45, 2.75) is 26.5 Å². The molecule has 1 aromatic heterocycles. The molecule has 0 radical (unpaired) electrons. The third kappa shape index (κ3) is 4.70. The second-order valence-corrected chi connectivity index (χ2v) is 6.29. The Hall–Kier alpha value is -3.14. The number of amides is 1. The molecule has 0 aliphatic rings. The molecule has 0 saturated heterocycles. The van der Waals surface area contributed by atoms with E-state index in [1.54, 1.807) is 0 Å². The van der Waals surface area contributed by atoms with Gasteiger partial charge < -0.3 is 10.1 Å². The van der Waals surface area contributed by atoms with Gasteiger partial charge >= 0.3 is 0 Å². The van der Waals surface area contributed by atoms with Gasteiger partial charge in [0.1, 0.15) is 12.4 Å². The zero-order chi connectivity index (χ0) is 18.4. The Balaban J connectivity index is 1.56. The Bertz CT molecular complexity index is 844. The van der Waals surface area contributed by atoms with E-state index in [-0.39, 0.29) is 11.9 Å². The first-order chi connectivity index (χ1) is 12.6. The van der Waals surface area contributed by atoms with E-state index < -0.39 is 0 Å². The van der Waals surface area contributed by atoms with Crippen LogP contribution < -0.4 is 14.6 Å². The Kier molecular flexibility index (Phi) is 5.64. The van der Waals surface area contributed by atoms with E-state index in [9.17, 15) is 4.79 Å². The predicted octanol–water partition coefficient (Wildman–Crippen LogP) is 4.06. The molecule has 1 heterocycles. The van der Waals surface area contributed by atoms with Crippen LogP contribution in [0.25, 0.3) is 0 Å². The Morgan fingerprint density at radius 3 is 2.31 bits per heavy atom. The van der Waals surface area contributed by atoms with E-state index in [1.165, 1.54) is 5.56 Å². The SMILES string of the molecule is Cc1cc[n+]([C@H](C)C(=O)Nc2ccc(OCc3ccccc3)cc2)cc1. The van der Waals surface area contributed by atoms with E-state index in [0.717, 1.165) is 17.0 Å². The summed E-state index contributed by atoms with van der Waals surface area (Å²) in [6.45, 7) is 4.42. The van der Waals surface area contributed by atoms with Crippen molar-refractivity contribution in [3.05, 3.63) is 90.3 Å². The maximum atomic E-state index is 12.4. The number of hydrogen-bond donors (Lipinski definition) is 1. The third-order valence-corrected chi connectivity index (χ3v) is 4.22. The van der Waals surface area contributed by atoms with Gasteiger partial charge in [0.2, 0.25) is 6.04 Å². The zero-order valence-electron chi connectivity index (χ0n) is 15.1. The number of benzene rings is 2. The second-order valence-electron chi connectivity index (χ2n) is 6.29. The molecule has 4 heteroatoms. The molecule has 0 bridgehead atoms. The first-order valence-electron chi connectivity index (χ1n) is 8.67. The molecule has 0 aliphatic heterocycles. The minimum absolute atomic E-state index is 0.0585. The maximum Gasteiger partial charge on any atom is 0.293 e. The number of nitrogens with zero attached hydrogens (tertiary/aromatic N) is 1. The van der Waals surface area contributed by atoms with Gasteiger partial charge in [-0.15, -0.1) is 0 Å².